The lowest BCUT2D eigenvalue weighted by molar-refractivity contribution is -0.148. The average molecular weight is 250 g/mol. The van der Waals surface area contributed by atoms with Crippen molar-refractivity contribution in [2.24, 2.45) is 0 Å². The fourth-order valence-corrected chi connectivity index (χ4v) is 1.96. The van der Waals surface area contributed by atoms with Crippen LogP contribution in [0.4, 0.5) is 0 Å². The molecule has 0 aromatic carbocycles. The zero-order valence-corrected chi connectivity index (χ0v) is 9.95. The van der Waals surface area contributed by atoms with E-state index in [1.165, 1.54) is 12.3 Å². The van der Waals surface area contributed by atoms with E-state index in [1.54, 1.807) is 6.92 Å². The van der Waals surface area contributed by atoms with Gasteiger partial charge in [0.15, 0.2) is 5.43 Å². The van der Waals surface area contributed by atoms with Crippen LogP contribution in [0.5, 0.6) is 0 Å². The average Bonchev–Trinajstić information content (AvgIpc) is 2.22. The van der Waals surface area contributed by atoms with E-state index in [0.717, 1.165) is 6.42 Å². The number of aromatic nitrogens is 1. The van der Waals surface area contributed by atoms with Crippen LogP contribution in [0.1, 0.15) is 35.3 Å². The highest BCUT2D eigenvalue weighted by Gasteiger charge is 2.45. The van der Waals surface area contributed by atoms with E-state index in [0.29, 0.717) is 18.5 Å². The Hall–Kier alpha value is -2.11. The number of amides is 1. The molecule has 1 saturated carbocycles. The van der Waals surface area contributed by atoms with Crippen molar-refractivity contribution >= 4 is 11.9 Å². The number of nitrogens with one attached hydrogen (secondary N) is 2. The molecule has 1 fully saturated rings. The first-order valence-corrected chi connectivity index (χ1v) is 5.70. The van der Waals surface area contributed by atoms with Crippen molar-refractivity contribution in [2.75, 3.05) is 0 Å². The SMILES string of the molecule is Cc1cc(=O)c(C(=O)NC2(C(=O)O)CCC2)c[nH]1. The Bertz CT molecular complexity index is 557. The van der Waals surface area contributed by atoms with Crippen molar-refractivity contribution in [3.8, 4) is 0 Å². The number of aromatic amines is 1. The molecule has 3 N–H and O–H groups in total. The number of hydrogen-bond acceptors (Lipinski definition) is 3. The monoisotopic (exact) mass is 250 g/mol. The molecular weight excluding hydrogens is 236 g/mol. The summed E-state index contributed by atoms with van der Waals surface area (Å²) in [5.74, 6) is -1.69. The van der Waals surface area contributed by atoms with Gasteiger partial charge < -0.3 is 15.4 Å². The fourth-order valence-electron chi connectivity index (χ4n) is 1.96. The largest absolute Gasteiger partial charge is 0.480 e. The van der Waals surface area contributed by atoms with E-state index in [2.05, 4.69) is 10.3 Å². The Kier molecular flexibility index (Phi) is 2.94. The number of aliphatic carboxylic acids is 1. The fraction of sp³-hybridized carbons (Fsp3) is 0.417. The van der Waals surface area contributed by atoms with E-state index >= 15 is 0 Å². The Morgan fingerprint density at radius 3 is 2.56 bits per heavy atom. The predicted molar refractivity (Wildman–Crippen MR) is 63.5 cm³/mol. The molecule has 0 aliphatic heterocycles. The van der Waals surface area contributed by atoms with Crippen LogP contribution in [0.25, 0.3) is 0 Å². The second kappa shape index (κ2) is 4.29. The van der Waals surface area contributed by atoms with Gasteiger partial charge in [-0.05, 0) is 26.2 Å². The van der Waals surface area contributed by atoms with Crippen molar-refractivity contribution < 1.29 is 14.7 Å². The van der Waals surface area contributed by atoms with Gasteiger partial charge in [0.1, 0.15) is 11.1 Å². The number of hydrogen-bond donors (Lipinski definition) is 3. The molecule has 6 nitrogen and oxygen atoms in total. The number of pyridine rings is 1. The molecule has 1 amide bonds. The van der Waals surface area contributed by atoms with Gasteiger partial charge in [-0.2, -0.15) is 0 Å². The molecule has 1 aromatic heterocycles. The topological polar surface area (TPSA) is 99.3 Å². The summed E-state index contributed by atoms with van der Waals surface area (Å²) in [6.45, 7) is 1.70. The minimum atomic E-state index is -1.20. The maximum absolute atomic E-state index is 11.9. The van der Waals surface area contributed by atoms with Crippen molar-refractivity contribution in [1.82, 2.24) is 10.3 Å². The second-order valence-electron chi connectivity index (χ2n) is 4.59. The molecule has 6 heteroatoms. The number of aryl methyl sites for hydroxylation is 1. The maximum atomic E-state index is 11.9. The van der Waals surface area contributed by atoms with E-state index < -0.39 is 22.8 Å². The standard InChI is InChI=1S/C12H14N2O4/c1-7-5-9(15)8(6-13-7)10(16)14-12(11(17)18)3-2-4-12/h5-6H,2-4H2,1H3,(H,13,15)(H,14,16)(H,17,18). The first-order chi connectivity index (χ1) is 8.44. The zero-order valence-electron chi connectivity index (χ0n) is 9.95. The van der Waals surface area contributed by atoms with E-state index in [-0.39, 0.29) is 5.56 Å². The number of rotatable bonds is 3. The Balaban J connectivity index is 2.22. The Morgan fingerprint density at radius 1 is 1.44 bits per heavy atom. The molecule has 1 aromatic rings. The third-order valence-corrected chi connectivity index (χ3v) is 3.27. The minimum Gasteiger partial charge on any atom is -0.480 e. The third kappa shape index (κ3) is 2.01. The zero-order chi connectivity index (χ0) is 13.3. The third-order valence-electron chi connectivity index (χ3n) is 3.27. The predicted octanol–water partition coefficient (Wildman–Crippen LogP) is 0.420. The number of carbonyl (C=O) groups excluding carboxylic acids is 1. The van der Waals surface area contributed by atoms with Crippen molar-refractivity contribution in [3.63, 3.8) is 0 Å². The van der Waals surface area contributed by atoms with Gasteiger partial charge in [-0.25, -0.2) is 4.79 Å². The second-order valence-corrected chi connectivity index (χ2v) is 4.59. The Morgan fingerprint density at radius 2 is 2.11 bits per heavy atom. The lowest BCUT2D eigenvalue weighted by atomic mass is 9.76. The first kappa shape index (κ1) is 12.3. The van der Waals surface area contributed by atoms with Gasteiger partial charge in [-0.3, -0.25) is 9.59 Å². The summed E-state index contributed by atoms with van der Waals surface area (Å²) < 4.78 is 0. The van der Waals surface area contributed by atoms with Crippen molar-refractivity contribution in [1.29, 1.82) is 0 Å². The van der Waals surface area contributed by atoms with Gasteiger partial charge in [0, 0.05) is 18.0 Å². The van der Waals surface area contributed by atoms with Gasteiger partial charge in [0.2, 0.25) is 0 Å². The maximum Gasteiger partial charge on any atom is 0.329 e. The van der Waals surface area contributed by atoms with Gasteiger partial charge in [-0.1, -0.05) is 0 Å². The highest BCUT2D eigenvalue weighted by Crippen LogP contribution is 2.32. The van der Waals surface area contributed by atoms with E-state index in [4.69, 9.17) is 5.11 Å². The van der Waals surface area contributed by atoms with E-state index in [1.807, 2.05) is 0 Å². The molecule has 0 spiro atoms. The number of carboxylic acid groups (broad SMARTS) is 1. The summed E-state index contributed by atoms with van der Waals surface area (Å²) in [6.07, 6.45) is 2.87. The molecule has 0 bridgehead atoms. The molecule has 0 atom stereocenters. The normalized spacial score (nSPS) is 16.7. The summed E-state index contributed by atoms with van der Waals surface area (Å²) in [5.41, 5.74) is -1.03. The summed E-state index contributed by atoms with van der Waals surface area (Å²) in [4.78, 5) is 37.4. The van der Waals surface area contributed by atoms with Crippen LogP contribution in [-0.4, -0.2) is 27.5 Å². The van der Waals surface area contributed by atoms with Crippen LogP contribution in [0, 0.1) is 6.92 Å². The molecule has 1 aliphatic carbocycles. The van der Waals surface area contributed by atoms with Gasteiger partial charge in [0.25, 0.3) is 5.91 Å². The van der Waals surface area contributed by atoms with Gasteiger partial charge in [-0.15, -0.1) is 0 Å². The summed E-state index contributed by atoms with van der Waals surface area (Å²) >= 11 is 0. The highest BCUT2D eigenvalue weighted by atomic mass is 16.4. The van der Waals surface area contributed by atoms with Crippen LogP contribution in [0.3, 0.4) is 0 Å². The van der Waals surface area contributed by atoms with Gasteiger partial charge in [0.05, 0.1) is 0 Å². The lowest BCUT2D eigenvalue weighted by Gasteiger charge is -2.38. The smallest absolute Gasteiger partial charge is 0.329 e. The highest BCUT2D eigenvalue weighted by molar-refractivity contribution is 5.97. The van der Waals surface area contributed by atoms with E-state index in [9.17, 15) is 14.4 Å². The molecule has 18 heavy (non-hydrogen) atoms. The molecule has 96 valence electrons. The van der Waals surface area contributed by atoms with Crippen LogP contribution in [-0.2, 0) is 4.79 Å². The van der Waals surface area contributed by atoms with Crippen LogP contribution >= 0.6 is 0 Å². The van der Waals surface area contributed by atoms with Crippen molar-refractivity contribution in [2.45, 2.75) is 31.7 Å². The van der Waals surface area contributed by atoms with Crippen LogP contribution < -0.4 is 10.7 Å². The molecular formula is C12H14N2O4. The molecule has 2 rings (SSSR count). The number of H-pyrrole nitrogens is 1. The molecule has 0 saturated heterocycles. The number of carboxylic acids is 1. The first-order valence-electron chi connectivity index (χ1n) is 5.70. The summed E-state index contributed by atoms with van der Waals surface area (Å²) in [5, 5.41) is 11.5. The Labute approximate surface area is 103 Å². The quantitative estimate of drug-likeness (QED) is 0.723. The molecule has 0 unspecified atom stereocenters. The minimum absolute atomic E-state index is 0.0619. The van der Waals surface area contributed by atoms with Gasteiger partial charge >= 0.3 is 5.97 Å². The summed E-state index contributed by atoms with van der Waals surface area (Å²) in [6, 6.07) is 1.31. The summed E-state index contributed by atoms with van der Waals surface area (Å²) in [7, 11) is 0. The molecule has 0 radical (unpaired) electrons. The van der Waals surface area contributed by atoms with Crippen molar-refractivity contribution in [3.05, 3.63) is 33.7 Å². The lowest BCUT2D eigenvalue weighted by Crippen LogP contribution is -2.59. The van der Waals surface area contributed by atoms with Crippen LogP contribution in [0.2, 0.25) is 0 Å². The number of carbonyl (C=O) groups is 2. The molecule has 1 aliphatic rings. The molecule has 1 heterocycles. The van der Waals surface area contributed by atoms with Crippen LogP contribution in [0.15, 0.2) is 17.1 Å².